The Hall–Kier alpha value is -0.0800. The molecule has 1 aliphatic carbocycles. The minimum absolute atomic E-state index is 0.339. The summed E-state index contributed by atoms with van der Waals surface area (Å²) in [4.78, 5) is 0. The monoisotopic (exact) mass is 198 g/mol. The molecule has 0 radical (unpaired) electrons. The highest BCUT2D eigenvalue weighted by Gasteiger charge is 2.28. The third-order valence-electron chi connectivity index (χ3n) is 2.77. The molecular weight excluding hydrogens is 172 g/mol. The fraction of sp³-hybridized carbons (Fsp3) is 1.00. The van der Waals surface area contributed by atoms with Gasteiger partial charge in [-0.05, 0) is 18.3 Å². The Kier molecular flexibility index (Phi) is 3.96. The van der Waals surface area contributed by atoms with Crippen molar-refractivity contribution in [3.8, 4) is 0 Å². The highest BCUT2D eigenvalue weighted by molar-refractivity contribution is 4.88. The van der Waals surface area contributed by atoms with E-state index in [-0.39, 0.29) is 0 Å². The molecule has 2 N–H and O–H groups in total. The van der Waals surface area contributed by atoms with Gasteiger partial charge >= 0.3 is 0 Å². The molecule has 1 saturated carbocycles. The standard InChI is InChI=1S/C12H26N2/c1-9(2)14-11(12(3,4)5)8-13-10-6-7-10/h9-11,13-14H,6-8H2,1-5H3/t11-/m1/s1. The van der Waals surface area contributed by atoms with Gasteiger partial charge in [-0.1, -0.05) is 34.6 Å². The van der Waals surface area contributed by atoms with Gasteiger partial charge in [0, 0.05) is 24.7 Å². The van der Waals surface area contributed by atoms with Gasteiger partial charge in [-0.2, -0.15) is 0 Å². The van der Waals surface area contributed by atoms with E-state index in [1.54, 1.807) is 0 Å². The molecule has 0 aliphatic heterocycles. The van der Waals surface area contributed by atoms with Crippen LogP contribution in [0.1, 0.15) is 47.5 Å². The number of nitrogens with one attached hydrogen (secondary N) is 2. The predicted octanol–water partition coefficient (Wildman–Crippen LogP) is 2.15. The molecule has 0 aromatic carbocycles. The molecule has 84 valence electrons. The Morgan fingerprint density at radius 3 is 2.14 bits per heavy atom. The summed E-state index contributed by atoms with van der Waals surface area (Å²) in [5.41, 5.74) is 0.339. The zero-order valence-corrected chi connectivity index (χ0v) is 10.4. The van der Waals surface area contributed by atoms with Crippen molar-refractivity contribution in [2.75, 3.05) is 6.54 Å². The number of hydrogen-bond acceptors (Lipinski definition) is 2. The van der Waals surface area contributed by atoms with Crippen molar-refractivity contribution in [3.63, 3.8) is 0 Å². The van der Waals surface area contributed by atoms with Crippen LogP contribution in [0.4, 0.5) is 0 Å². The lowest BCUT2D eigenvalue weighted by molar-refractivity contribution is 0.246. The molecule has 1 atom stereocenters. The molecule has 1 aliphatic rings. The molecule has 2 nitrogen and oxygen atoms in total. The second-order valence-corrected chi connectivity index (χ2v) is 5.92. The first kappa shape index (κ1) is 12.0. The zero-order valence-electron chi connectivity index (χ0n) is 10.4. The maximum atomic E-state index is 3.64. The van der Waals surface area contributed by atoms with Gasteiger partial charge in [0.1, 0.15) is 0 Å². The Morgan fingerprint density at radius 2 is 1.79 bits per heavy atom. The van der Waals surface area contributed by atoms with Crippen LogP contribution in [0.25, 0.3) is 0 Å². The molecule has 1 rings (SSSR count). The van der Waals surface area contributed by atoms with E-state index in [1.807, 2.05) is 0 Å². The minimum Gasteiger partial charge on any atom is -0.312 e. The molecule has 0 spiro atoms. The van der Waals surface area contributed by atoms with E-state index < -0.39 is 0 Å². The molecule has 1 fully saturated rings. The van der Waals surface area contributed by atoms with Crippen LogP contribution < -0.4 is 10.6 Å². The summed E-state index contributed by atoms with van der Waals surface area (Å²) in [5, 5.41) is 7.25. The first-order valence-electron chi connectivity index (χ1n) is 5.89. The second-order valence-electron chi connectivity index (χ2n) is 5.92. The quantitative estimate of drug-likeness (QED) is 0.707. The normalized spacial score (nSPS) is 20.1. The van der Waals surface area contributed by atoms with Gasteiger partial charge in [0.15, 0.2) is 0 Å². The highest BCUT2D eigenvalue weighted by Crippen LogP contribution is 2.22. The summed E-state index contributed by atoms with van der Waals surface area (Å²) in [7, 11) is 0. The predicted molar refractivity (Wildman–Crippen MR) is 62.5 cm³/mol. The van der Waals surface area contributed by atoms with E-state index in [0.717, 1.165) is 12.6 Å². The topological polar surface area (TPSA) is 24.1 Å². The van der Waals surface area contributed by atoms with Crippen molar-refractivity contribution < 1.29 is 0 Å². The van der Waals surface area contributed by atoms with Crippen molar-refractivity contribution in [2.24, 2.45) is 5.41 Å². The van der Waals surface area contributed by atoms with Crippen molar-refractivity contribution in [1.82, 2.24) is 10.6 Å². The van der Waals surface area contributed by atoms with Crippen LogP contribution in [0.3, 0.4) is 0 Å². The SMILES string of the molecule is CC(C)N[C@H](CNC1CC1)C(C)(C)C. The summed E-state index contributed by atoms with van der Waals surface area (Å²) in [6.45, 7) is 12.5. The van der Waals surface area contributed by atoms with Crippen LogP contribution in [0.5, 0.6) is 0 Å². The maximum Gasteiger partial charge on any atom is 0.0243 e. The second kappa shape index (κ2) is 4.63. The molecule has 14 heavy (non-hydrogen) atoms. The molecule has 2 heteroatoms. The molecule has 0 aromatic heterocycles. The van der Waals surface area contributed by atoms with E-state index >= 15 is 0 Å². The number of rotatable bonds is 5. The van der Waals surface area contributed by atoms with Crippen LogP contribution in [0, 0.1) is 5.41 Å². The molecule has 0 unspecified atom stereocenters. The highest BCUT2D eigenvalue weighted by atomic mass is 15.0. The summed E-state index contributed by atoms with van der Waals surface area (Å²) in [6.07, 6.45) is 2.75. The summed E-state index contributed by atoms with van der Waals surface area (Å²) in [5.74, 6) is 0. The van der Waals surface area contributed by atoms with Gasteiger partial charge < -0.3 is 10.6 Å². The van der Waals surface area contributed by atoms with E-state index in [0.29, 0.717) is 17.5 Å². The fourth-order valence-electron chi connectivity index (χ4n) is 1.59. The number of hydrogen-bond donors (Lipinski definition) is 2. The summed E-state index contributed by atoms with van der Waals surface area (Å²) < 4.78 is 0. The first-order chi connectivity index (χ1) is 6.39. The van der Waals surface area contributed by atoms with E-state index in [4.69, 9.17) is 0 Å². The lowest BCUT2D eigenvalue weighted by atomic mass is 9.86. The summed E-state index contributed by atoms with van der Waals surface area (Å²) >= 11 is 0. The third kappa shape index (κ3) is 4.43. The summed E-state index contributed by atoms with van der Waals surface area (Å²) in [6, 6.07) is 1.96. The van der Waals surface area contributed by atoms with Crippen LogP contribution in [0.2, 0.25) is 0 Å². The van der Waals surface area contributed by atoms with Gasteiger partial charge in [0.2, 0.25) is 0 Å². The van der Waals surface area contributed by atoms with E-state index in [1.165, 1.54) is 12.8 Å². The third-order valence-corrected chi connectivity index (χ3v) is 2.77. The van der Waals surface area contributed by atoms with Gasteiger partial charge in [0.25, 0.3) is 0 Å². The lowest BCUT2D eigenvalue weighted by Crippen LogP contribution is -2.50. The van der Waals surface area contributed by atoms with Gasteiger partial charge in [-0.25, -0.2) is 0 Å². The van der Waals surface area contributed by atoms with E-state index in [2.05, 4.69) is 45.3 Å². The van der Waals surface area contributed by atoms with Crippen molar-refractivity contribution in [1.29, 1.82) is 0 Å². The van der Waals surface area contributed by atoms with Crippen LogP contribution >= 0.6 is 0 Å². The van der Waals surface area contributed by atoms with Crippen LogP contribution in [0.15, 0.2) is 0 Å². The average molecular weight is 198 g/mol. The van der Waals surface area contributed by atoms with Crippen LogP contribution in [-0.2, 0) is 0 Å². The Bertz CT molecular complexity index is 166. The average Bonchev–Trinajstić information content (AvgIpc) is 2.77. The van der Waals surface area contributed by atoms with Gasteiger partial charge in [-0.3, -0.25) is 0 Å². The fourth-order valence-corrected chi connectivity index (χ4v) is 1.59. The molecule has 0 heterocycles. The maximum absolute atomic E-state index is 3.64. The molecule has 0 saturated heterocycles. The molecule has 0 bridgehead atoms. The van der Waals surface area contributed by atoms with Crippen molar-refractivity contribution in [3.05, 3.63) is 0 Å². The molecule has 0 aromatic rings. The van der Waals surface area contributed by atoms with Crippen molar-refractivity contribution >= 4 is 0 Å². The first-order valence-corrected chi connectivity index (χ1v) is 5.89. The minimum atomic E-state index is 0.339. The molecular formula is C12H26N2. The van der Waals surface area contributed by atoms with E-state index in [9.17, 15) is 0 Å². The Balaban J connectivity index is 2.34. The Labute approximate surface area is 88.8 Å². The Morgan fingerprint density at radius 1 is 1.21 bits per heavy atom. The smallest absolute Gasteiger partial charge is 0.0243 e. The van der Waals surface area contributed by atoms with Gasteiger partial charge in [0.05, 0.1) is 0 Å². The van der Waals surface area contributed by atoms with Crippen molar-refractivity contribution in [2.45, 2.75) is 65.6 Å². The lowest BCUT2D eigenvalue weighted by Gasteiger charge is -2.33. The van der Waals surface area contributed by atoms with Gasteiger partial charge in [-0.15, -0.1) is 0 Å². The largest absolute Gasteiger partial charge is 0.312 e. The molecule has 0 amide bonds. The van der Waals surface area contributed by atoms with Crippen LogP contribution in [-0.4, -0.2) is 24.7 Å². The zero-order chi connectivity index (χ0) is 10.8.